The van der Waals surface area contributed by atoms with Crippen LogP contribution in [0.3, 0.4) is 0 Å². The number of carbonyl (C=O) groups excluding carboxylic acids is 1. The molecule has 4 nitrogen and oxygen atoms in total. The van der Waals surface area contributed by atoms with Crippen molar-refractivity contribution in [3.05, 3.63) is 46.4 Å². The second kappa shape index (κ2) is 6.26. The van der Waals surface area contributed by atoms with Gasteiger partial charge in [-0.1, -0.05) is 18.2 Å². The summed E-state index contributed by atoms with van der Waals surface area (Å²) >= 11 is 1.58. The molecule has 0 aliphatic carbocycles. The van der Waals surface area contributed by atoms with Gasteiger partial charge in [0.05, 0.1) is 23.7 Å². The minimum atomic E-state index is 0.0912. The van der Waals surface area contributed by atoms with Gasteiger partial charge >= 0.3 is 0 Å². The fraction of sp³-hybridized carbons (Fsp3) is 0.375. The molecule has 2 heterocycles. The predicted octanol–water partition coefficient (Wildman–Crippen LogP) is 2.67. The summed E-state index contributed by atoms with van der Waals surface area (Å²) < 4.78 is 5.90. The van der Waals surface area contributed by atoms with Crippen molar-refractivity contribution in [2.24, 2.45) is 0 Å². The van der Waals surface area contributed by atoms with Gasteiger partial charge in [0.15, 0.2) is 0 Å². The maximum atomic E-state index is 12.3. The van der Waals surface area contributed by atoms with Crippen molar-refractivity contribution >= 4 is 17.2 Å². The van der Waals surface area contributed by atoms with E-state index in [0.29, 0.717) is 13.0 Å². The highest BCUT2D eigenvalue weighted by Gasteiger charge is 2.27. The third-order valence-corrected chi connectivity index (χ3v) is 4.36. The molecule has 0 saturated carbocycles. The molecule has 0 unspecified atom stereocenters. The van der Waals surface area contributed by atoms with Crippen molar-refractivity contribution in [1.82, 2.24) is 9.88 Å². The number of thiazole rings is 1. The van der Waals surface area contributed by atoms with Crippen LogP contribution in [0.5, 0.6) is 5.75 Å². The number of aryl methyl sites for hydroxylation is 1. The Bertz CT molecular complexity index is 612. The lowest BCUT2D eigenvalue weighted by Gasteiger charge is -2.17. The maximum Gasteiger partial charge on any atom is 0.228 e. The smallest absolute Gasteiger partial charge is 0.228 e. The van der Waals surface area contributed by atoms with E-state index >= 15 is 0 Å². The maximum absolute atomic E-state index is 12.3. The predicted molar refractivity (Wildman–Crippen MR) is 82.6 cm³/mol. The molecule has 0 bridgehead atoms. The third kappa shape index (κ3) is 3.61. The average Bonchev–Trinajstić information content (AvgIpc) is 3.09. The first kappa shape index (κ1) is 14.1. The van der Waals surface area contributed by atoms with Crippen LogP contribution in [-0.4, -0.2) is 35.0 Å². The van der Waals surface area contributed by atoms with Crippen LogP contribution >= 0.6 is 11.3 Å². The number of nitrogens with zero attached hydrogens (tertiary/aromatic N) is 2. The Balaban J connectivity index is 1.53. The first-order chi connectivity index (χ1) is 10.2. The standard InChI is InChI=1S/C16H18N2O2S/c1-12-17-13(11-21-12)9-16(19)18-8-7-15(10-18)20-14-5-3-2-4-6-14/h2-6,11,15H,7-10H2,1H3/t15-/m0/s1. The molecule has 110 valence electrons. The molecule has 2 aromatic rings. The Kier molecular flexibility index (Phi) is 4.20. The summed E-state index contributed by atoms with van der Waals surface area (Å²) in [5, 5.41) is 2.96. The molecule has 1 saturated heterocycles. The van der Waals surface area contributed by atoms with E-state index in [1.807, 2.05) is 47.5 Å². The highest BCUT2D eigenvalue weighted by Crippen LogP contribution is 2.19. The summed E-state index contributed by atoms with van der Waals surface area (Å²) in [6, 6.07) is 9.77. The van der Waals surface area contributed by atoms with Crippen LogP contribution in [-0.2, 0) is 11.2 Å². The molecule has 1 aromatic heterocycles. The average molecular weight is 302 g/mol. The Hall–Kier alpha value is -1.88. The van der Waals surface area contributed by atoms with Crippen LogP contribution in [0.1, 0.15) is 17.1 Å². The van der Waals surface area contributed by atoms with Crippen LogP contribution in [0, 0.1) is 6.92 Å². The molecular formula is C16H18N2O2S. The Morgan fingerprint density at radius 3 is 2.95 bits per heavy atom. The lowest BCUT2D eigenvalue weighted by molar-refractivity contribution is -0.129. The number of hydrogen-bond acceptors (Lipinski definition) is 4. The second-order valence-corrected chi connectivity index (χ2v) is 6.28. The number of likely N-dealkylation sites (tertiary alicyclic amines) is 1. The van der Waals surface area contributed by atoms with Crippen LogP contribution in [0.2, 0.25) is 0 Å². The molecule has 0 radical (unpaired) electrons. The molecular weight excluding hydrogens is 284 g/mol. The zero-order valence-corrected chi connectivity index (χ0v) is 12.8. The van der Waals surface area contributed by atoms with Gasteiger partial charge in [0.25, 0.3) is 0 Å². The van der Waals surface area contributed by atoms with Crippen LogP contribution in [0.4, 0.5) is 0 Å². The highest BCUT2D eigenvalue weighted by atomic mass is 32.1. The van der Waals surface area contributed by atoms with E-state index in [9.17, 15) is 4.79 Å². The Labute approximate surface area is 128 Å². The minimum Gasteiger partial charge on any atom is -0.489 e. The van der Waals surface area contributed by atoms with Crippen molar-refractivity contribution in [2.75, 3.05) is 13.1 Å². The van der Waals surface area contributed by atoms with Crippen LogP contribution in [0.15, 0.2) is 35.7 Å². The largest absolute Gasteiger partial charge is 0.489 e. The molecule has 0 spiro atoms. The summed E-state index contributed by atoms with van der Waals surface area (Å²) in [4.78, 5) is 18.5. The summed E-state index contributed by atoms with van der Waals surface area (Å²) in [6.45, 7) is 3.38. The number of benzene rings is 1. The number of para-hydroxylation sites is 1. The van der Waals surface area contributed by atoms with E-state index in [1.54, 1.807) is 11.3 Å². The van der Waals surface area contributed by atoms with Crippen molar-refractivity contribution in [2.45, 2.75) is 25.9 Å². The lowest BCUT2D eigenvalue weighted by Crippen LogP contribution is -2.32. The Morgan fingerprint density at radius 2 is 2.24 bits per heavy atom. The van der Waals surface area contributed by atoms with Gasteiger partial charge in [0.1, 0.15) is 11.9 Å². The van der Waals surface area contributed by atoms with Crippen molar-refractivity contribution in [1.29, 1.82) is 0 Å². The van der Waals surface area contributed by atoms with E-state index < -0.39 is 0 Å². The molecule has 5 heteroatoms. The van der Waals surface area contributed by atoms with Crippen LogP contribution in [0.25, 0.3) is 0 Å². The minimum absolute atomic E-state index is 0.0912. The first-order valence-corrected chi connectivity index (χ1v) is 7.99. The SMILES string of the molecule is Cc1nc(CC(=O)N2CC[C@H](Oc3ccccc3)C2)cs1. The fourth-order valence-electron chi connectivity index (χ4n) is 2.50. The summed E-state index contributed by atoms with van der Waals surface area (Å²) in [7, 11) is 0. The number of hydrogen-bond donors (Lipinski definition) is 0. The number of amides is 1. The quantitative estimate of drug-likeness (QED) is 0.872. The van der Waals surface area contributed by atoms with Crippen molar-refractivity contribution in [3.63, 3.8) is 0 Å². The van der Waals surface area contributed by atoms with Gasteiger partial charge < -0.3 is 9.64 Å². The molecule has 1 fully saturated rings. The summed E-state index contributed by atoms with van der Waals surface area (Å²) in [5.41, 5.74) is 0.870. The van der Waals surface area contributed by atoms with Crippen LogP contribution < -0.4 is 4.74 Å². The lowest BCUT2D eigenvalue weighted by atomic mass is 10.3. The fourth-order valence-corrected chi connectivity index (χ4v) is 3.11. The van der Waals surface area contributed by atoms with Gasteiger partial charge in [-0.25, -0.2) is 4.98 Å². The highest BCUT2D eigenvalue weighted by molar-refractivity contribution is 7.09. The molecule has 3 rings (SSSR count). The van der Waals surface area contributed by atoms with E-state index in [0.717, 1.165) is 29.4 Å². The van der Waals surface area contributed by atoms with Gasteiger partial charge in [-0.2, -0.15) is 0 Å². The number of aromatic nitrogens is 1. The Morgan fingerprint density at radius 1 is 1.43 bits per heavy atom. The van der Waals surface area contributed by atoms with E-state index in [1.165, 1.54) is 0 Å². The zero-order chi connectivity index (χ0) is 14.7. The van der Waals surface area contributed by atoms with Crippen molar-refractivity contribution in [3.8, 4) is 5.75 Å². The van der Waals surface area contributed by atoms with Gasteiger partial charge in [-0.15, -0.1) is 11.3 Å². The summed E-state index contributed by atoms with van der Waals surface area (Å²) in [5.74, 6) is 1.01. The van der Waals surface area contributed by atoms with E-state index in [-0.39, 0.29) is 12.0 Å². The van der Waals surface area contributed by atoms with Gasteiger partial charge in [-0.05, 0) is 19.1 Å². The van der Waals surface area contributed by atoms with E-state index in [4.69, 9.17) is 4.74 Å². The molecule has 1 amide bonds. The summed E-state index contributed by atoms with van der Waals surface area (Å²) in [6.07, 6.45) is 1.37. The molecule has 1 aliphatic heterocycles. The number of ether oxygens (including phenoxy) is 1. The van der Waals surface area contributed by atoms with Gasteiger partial charge in [0.2, 0.25) is 5.91 Å². The molecule has 21 heavy (non-hydrogen) atoms. The first-order valence-electron chi connectivity index (χ1n) is 7.11. The monoisotopic (exact) mass is 302 g/mol. The van der Waals surface area contributed by atoms with Gasteiger partial charge in [-0.3, -0.25) is 4.79 Å². The molecule has 1 aromatic carbocycles. The zero-order valence-electron chi connectivity index (χ0n) is 12.0. The van der Waals surface area contributed by atoms with Crippen molar-refractivity contribution < 1.29 is 9.53 Å². The van der Waals surface area contributed by atoms with E-state index in [2.05, 4.69) is 4.98 Å². The third-order valence-electron chi connectivity index (χ3n) is 3.54. The number of rotatable bonds is 4. The molecule has 1 atom stereocenters. The topological polar surface area (TPSA) is 42.4 Å². The molecule has 0 N–H and O–H groups in total. The number of carbonyl (C=O) groups is 1. The van der Waals surface area contributed by atoms with Gasteiger partial charge in [0, 0.05) is 18.3 Å². The second-order valence-electron chi connectivity index (χ2n) is 5.22. The normalized spacial score (nSPS) is 18.0. The molecule has 1 aliphatic rings.